The molecule has 4 amide bonds. The molecule has 1 spiro atoms. The number of nitrogens with one attached hydrogen (secondary N) is 1. The summed E-state index contributed by atoms with van der Waals surface area (Å²) >= 11 is 5.96. The number of fused-ring (bicyclic) bond motifs is 4. The van der Waals surface area contributed by atoms with E-state index >= 15 is 0 Å². The van der Waals surface area contributed by atoms with Crippen LogP contribution in [0.3, 0.4) is 0 Å². The first kappa shape index (κ1) is 20.4. The third-order valence-electron chi connectivity index (χ3n) is 6.62. The van der Waals surface area contributed by atoms with Crippen molar-refractivity contribution in [2.24, 2.45) is 5.41 Å². The number of halogens is 1. The van der Waals surface area contributed by atoms with Gasteiger partial charge in [0.15, 0.2) is 5.41 Å². The minimum atomic E-state index is -1.57. The number of nitro benzene ring substituents is 1. The van der Waals surface area contributed by atoms with Gasteiger partial charge in [0.2, 0.25) is 5.91 Å². The number of hydrogen-bond acceptors (Lipinski definition) is 6. The summed E-state index contributed by atoms with van der Waals surface area (Å²) in [4.78, 5) is 53.8. The molecule has 5 rings (SSSR count). The van der Waals surface area contributed by atoms with Crippen LogP contribution in [0.5, 0.6) is 0 Å². The molecule has 0 bridgehead atoms. The van der Waals surface area contributed by atoms with Crippen LogP contribution >= 0.6 is 11.6 Å². The van der Waals surface area contributed by atoms with Gasteiger partial charge in [-0.15, -0.1) is 0 Å². The van der Waals surface area contributed by atoms with Crippen LogP contribution in [0, 0.1) is 15.5 Å². The fraction of sp³-hybridized carbons (Fsp3) is 0.318. The monoisotopic (exact) mass is 454 g/mol. The van der Waals surface area contributed by atoms with Gasteiger partial charge in [-0.05, 0) is 55.2 Å². The van der Waals surface area contributed by atoms with E-state index in [2.05, 4.69) is 5.32 Å². The number of amides is 4. The number of anilines is 2. The van der Waals surface area contributed by atoms with Gasteiger partial charge >= 0.3 is 6.03 Å². The number of piperidine rings is 1. The van der Waals surface area contributed by atoms with Crippen LogP contribution in [0.1, 0.15) is 24.8 Å². The van der Waals surface area contributed by atoms with Crippen LogP contribution in [0.15, 0.2) is 42.5 Å². The number of nitrogens with zero attached hydrogens (tertiary/aromatic N) is 3. The first-order valence-electron chi connectivity index (χ1n) is 10.3. The van der Waals surface area contributed by atoms with Crippen molar-refractivity contribution in [1.82, 2.24) is 5.32 Å². The number of benzene rings is 2. The standard InChI is InChI=1S/C22H19ClN4O5/c23-14-4-6-15(7-5-14)26-20(29)22(19(28)24-21(26)30)12-13-11-16(27(31)32)8-9-17(13)25-10-2-1-3-18(22)25/h4-9,11,18H,1-3,10,12H2,(H,24,28,30)/t18-,22-/m1/s1. The first-order chi connectivity index (χ1) is 15.3. The van der Waals surface area contributed by atoms with E-state index in [9.17, 15) is 24.5 Å². The number of non-ortho nitro benzene ring substituents is 1. The summed E-state index contributed by atoms with van der Waals surface area (Å²) in [6.07, 6.45) is 2.28. The van der Waals surface area contributed by atoms with E-state index in [1.807, 2.05) is 4.90 Å². The number of hydrogen-bond donors (Lipinski definition) is 1. The molecule has 2 fully saturated rings. The number of urea groups is 1. The van der Waals surface area contributed by atoms with Gasteiger partial charge in [-0.2, -0.15) is 0 Å². The van der Waals surface area contributed by atoms with E-state index in [0.29, 0.717) is 29.2 Å². The van der Waals surface area contributed by atoms with Crippen molar-refractivity contribution in [3.8, 4) is 0 Å². The number of imide groups is 2. The maximum Gasteiger partial charge on any atom is 0.335 e. The third kappa shape index (κ3) is 2.88. The highest BCUT2D eigenvalue weighted by molar-refractivity contribution is 6.32. The molecule has 3 aliphatic rings. The van der Waals surface area contributed by atoms with Gasteiger partial charge in [0, 0.05) is 35.8 Å². The highest BCUT2D eigenvalue weighted by atomic mass is 35.5. The van der Waals surface area contributed by atoms with Gasteiger partial charge in [0.1, 0.15) is 0 Å². The molecule has 0 aromatic heterocycles. The minimum Gasteiger partial charge on any atom is -0.367 e. The molecule has 2 saturated heterocycles. The lowest BCUT2D eigenvalue weighted by molar-refractivity contribution is -0.384. The lowest BCUT2D eigenvalue weighted by Gasteiger charge is -2.53. The molecular weight excluding hydrogens is 436 g/mol. The van der Waals surface area contributed by atoms with Crippen LogP contribution < -0.4 is 15.1 Å². The molecular formula is C22H19ClN4O5. The summed E-state index contributed by atoms with van der Waals surface area (Å²) in [7, 11) is 0. The predicted molar refractivity (Wildman–Crippen MR) is 117 cm³/mol. The van der Waals surface area contributed by atoms with Crippen LogP contribution in [0.4, 0.5) is 21.9 Å². The summed E-state index contributed by atoms with van der Waals surface area (Å²) in [6.45, 7) is 0.618. The van der Waals surface area contributed by atoms with Crippen LogP contribution in [0.2, 0.25) is 5.02 Å². The Kier molecular flexibility index (Phi) is 4.67. The quantitative estimate of drug-likeness (QED) is 0.422. The van der Waals surface area contributed by atoms with Crippen molar-refractivity contribution in [3.05, 3.63) is 63.2 Å². The van der Waals surface area contributed by atoms with E-state index in [1.165, 1.54) is 12.1 Å². The molecule has 2 aromatic rings. The zero-order valence-electron chi connectivity index (χ0n) is 16.9. The first-order valence-corrected chi connectivity index (χ1v) is 10.7. The average Bonchev–Trinajstić information content (AvgIpc) is 2.78. The fourth-order valence-corrected chi connectivity index (χ4v) is 5.31. The zero-order chi connectivity index (χ0) is 22.6. The second-order valence-corrected chi connectivity index (χ2v) is 8.74. The Balaban J connectivity index is 1.66. The Morgan fingerprint density at radius 1 is 1.09 bits per heavy atom. The average molecular weight is 455 g/mol. The number of carbonyl (C=O) groups is 3. The number of carbonyl (C=O) groups excluding carboxylic acids is 3. The van der Waals surface area contributed by atoms with Gasteiger partial charge in [0.05, 0.1) is 16.7 Å². The predicted octanol–water partition coefficient (Wildman–Crippen LogP) is 3.43. The van der Waals surface area contributed by atoms with E-state index in [-0.39, 0.29) is 12.1 Å². The SMILES string of the molecule is O=C1NC(=O)[C@]2(Cc3cc([N+](=O)[O-])ccc3N3CCCC[C@@H]32)C(=O)N1c1ccc(Cl)cc1. The van der Waals surface area contributed by atoms with Crippen LogP contribution in [0.25, 0.3) is 0 Å². The summed E-state index contributed by atoms with van der Waals surface area (Å²) in [5.74, 6) is -1.28. The van der Waals surface area contributed by atoms with E-state index in [4.69, 9.17) is 11.6 Å². The Bertz CT molecular complexity index is 1170. The number of nitro groups is 1. The largest absolute Gasteiger partial charge is 0.367 e. The molecule has 0 radical (unpaired) electrons. The molecule has 9 nitrogen and oxygen atoms in total. The lowest BCUT2D eigenvalue weighted by Crippen LogP contribution is -2.72. The molecule has 0 saturated carbocycles. The van der Waals surface area contributed by atoms with Crippen LogP contribution in [-0.4, -0.2) is 35.4 Å². The molecule has 0 unspecified atom stereocenters. The van der Waals surface area contributed by atoms with Gasteiger partial charge in [0.25, 0.3) is 11.6 Å². The summed E-state index contributed by atoms with van der Waals surface area (Å²) in [5.41, 5.74) is -0.0386. The maximum atomic E-state index is 13.9. The number of rotatable bonds is 2. The van der Waals surface area contributed by atoms with Crippen molar-refractivity contribution >= 4 is 46.5 Å². The van der Waals surface area contributed by atoms with E-state index < -0.39 is 34.2 Å². The molecule has 1 N–H and O–H groups in total. The molecule has 2 atom stereocenters. The fourth-order valence-electron chi connectivity index (χ4n) is 5.19. The van der Waals surface area contributed by atoms with Gasteiger partial charge in [-0.3, -0.25) is 25.0 Å². The van der Waals surface area contributed by atoms with Gasteiger partial charge in [-0.25, -0.2) is 9.69 Å². The molecule has 3 aliphatic heterocycles. The summed E-state index contributed by atoms with van der Waals surface area (Å²) in [6, 6.07) is 9.49. The third-order valence-corrected chi connectivity index (χ3v) is 6.87. The second kappa shape index (κ2) is 7.30. The second-order valence-electron chi connectivity index (χ2n) is 8.30. The van der Waals surface area contributed by atoms with Gasteiger partial charge < -0.3 is 4.90 Å². The molecule has 10 heteroatoms. The van der Waals surface area contributed by atoms with Crippen molar-refractivity contribution < 1.29 is 19.3 Å². The van der Waals surface area contributed by atoms with Crippen molar-refractivity contribution in [2.75, 3.05) is 16.3 Å². The zero-order valence-corrected chi connectivity index (χ0v) is 17.7. The molecule has 32 heavy (non-hydrogen) atoms. The molecule has 2 aromatic carbocycles. The normalized spacial score (nSPS) is 24.8. The summed E-state index contributed by atoms with van der Waals surface area (Å²) < 4.78 is 0. The Hall–Kier alpha value is -3.46. The lowest BCUT2D eigenvalue weighted by atomic mass is 9.66. The van der Waals surface area contributed by atoms with Crippen molar-refractivity contribution in [2.45, 2.75) is 31.7 Å². The minimum absolute atomic E-state index is 0.0206. The Labute approximate surface area is 188 Å². The van der Waals surface area contributed by atoms with E-state index in [0.717, 1.165) is 23.4 Å². The Morgan fingerprint density at radius 3 is 2.56 bits per heavy atom. The van der Waals surface area contributed by atoms with Crippen LogP contribution in [-0.2, 0) is 16.0 Å². The topological polar surface area (TPSA) is 113 Å². The Morgan fingerprint density at radius 2 is 1.84 bits per heavy atom. The van der Waals surface area contributed by atoms with Crippen molar-refractivity contribution in [3.63, 3.8) is 0 Å². The summed E-state index contributed by atoms with van der Waals surface area (Å²) in [5, 5.41) is 14.2. The molecule has 3 heterocycles. The van der Waals surface area contributed by atoms with E-state index in [1.54, 1.807) is 30.3 Å². The molecule has 164 valence electrons. The number of barbiturate groups is 1. The highest BCUT2D eigenvalue weighted by Gasteiger charge is 2.62. The van der Waals surface area contributed by atoms with Gasteiger partial charge in [-0.1, -0.05) is 11.6 Å². The highest BCUT2D eigenvalue weighted by Crippen LogP contribution is 2.48. The van der Waals surface area contributed by atoms with Crippen molar-refractivity contribution in [1.29, 1.82) is 0 Å². The molecule has 0 aliphatic carbocycles. The maximum absolute atomic E-state index is 13.9. The smallest absolute Gasteiger partial charge is 0.335 e.